The van der Waals surface area contributed by atoms with Crippen molar-refractivity contribution >= 4 is 11.7 Å². The highest BCUT2D eigenvalue weighted by Gasteiger charge is 2.26. The largest absolute Gasteiger partial charge is 0.364 e. The van der Waals surface area contributed by atoms with Crippen LogP contribution in [-0.2, 0) is 11.2 Å². The van der Waals surface area contributed by atoms with Crippen LogP contribution in [0.5, 0.6) is 0 Å². The Hall–Kier alpha value is -2.43. The summed E-state index contributed by atoms with van der Waals surface area (Å²) in [5.74, 6) is 0.949. The van der Waals surface area contributed by atoms with Crippen molar-refractivity contribution in [2.24, 2.45) is 0 Å². The van der Waals surface area contributed by atoms with Crippen molar-refractivity contribution in [3.8, 4) is 0 Å². The molecule has 0 aliphatic carbocycles. The number of anilines is 1. The van der Waals surface area contributed by atoms with Gasteiger partial charge in [0.2, 0.25) is 5.91 Å². The van der Waals surface area contributed by atoms with Gasteiger partial charge in [0, 0.05) is 31.5 Å². The third-order valence-electron chi connectivity index (χ3n) is 3.65. The van der Waals surface area contributed by atoms with Gasteiger partial charge in [0.1, 0.15) is 5.82 Å². The fourth-order valence-corrected chi connectivity index (χ4v) is 2.57. The van der Waals surface area contributed by atoms with E-state index in [0.29, 0.717) is 6.42 Å². The van der Waals surface area contributed by atoms with Crippen molar-refractivity contribution in [2.75, 3.05) is 18.4 Å². The molecule has 1 unspecified atom stereocenters. The van der Waals surface area contributed by atoms with Crippen molar-refractivity contribution in [3.05, 3.63) is 54.5 Å². The van der Waals surface area contributed by atoms with Crippen molar-refractivity contribution in [1.82, 2.24) is 14.9 Å². The number of carbonyl (C=O) groups excluding carboxylic acids is 1. The van der Waals surface area contributed by atoms with Crippen LogP contribution in [0.2, 0.25) is 0 Å². The molecule has 1 saturated heterocycles. The summed E-state index contributed by atoms with van der Waals surface area (Å²) in [7, 11) is 0. The number of aromatic nitrogens is 2. The molecule has 21 heavy (non-hydrogen) atoms. The Morgan fingerprint density at radius 2 is 2.14 bits per heavy atom. The molecule has 1 N–H and O–H groups in total. The number of nitrogens with one attached hydrogen (secondary N) is 1. The highest BCUT2D eigenvalue weighted by atomic mass is 16.2. The van der Waals surface area contributed by atoms with E-state index in [4.69, 9.17) is 0 Å². The molecule has 1 aromatic heterocycles. The van der Waals surface area contributed by atoms with Gasteiger partial charge in [-0.05, 0) is 12.0 Å². The first-order valence-electron chi connectivity index (χ1n) is 7.15. The van der Waals surface area contributed by atoms with Gasteiger partial charge in [-0.2, -0.15) is 0 Å². The third-order valence-corrected chi connectivity index (χ3v) is 3.65. The number of carbonyl (C=O) groups is 1. The van der Waals surface area contributed by atoms with E-state index in [9.17, 15) is 4.79 Å². The summed E-state index contributed by atoms with van der Waals surface area (Å²) in [6.45, 7) is 1.52. The topological polar surface area (TPSA) is 58.1 Å². The zero-order chi connectivity index (χ0) is 14.5. The number of amides is 1. The lowest BCUT2D eigenvalue weighted by atomic mass is 10.1. The molecule has 0 bridgehead atoms. The molecular weight excluding hydrogens is 264 g/mol. The standard InChI is InChI=1S/C16H18N4O/c21-16(10-13-4-2-1-3-5-13)20-9-6-14(12-20)19-15-11-17-7-8-18-15/h1-5,7-8,11,14H,6,9-10,12H2,(H,18,19). The number of rotatable bonds is 4. The highest BCUT2D eigenvalue weighted by molar-refractivity contribution is 5.79. The molecule has 1 aliphatic heterocycles. The third kappa shape index (κ3) is 3.56. The summed E-state index contributed by atoms with van der Waals surface area (Å²) in [6.07, 6.45) is 6.43. The Bertz CT molecular complexity index is 588. The molecule has 2 aromatic rings. The molecule has 1 fully saturated rings. The molecule has 3 rings (SSSR count). The van der Waals surface area contributed by atoms with E-state index in [-0.39, 0.29) is 11.9 Å². The average Bonchev–Trinajstić information content (AvgIpc) is 2.98. The van der Waals surface area contributed by atoms with Crippen LogP contribution in [0.15, 0.2) is 48.9 Å². The highest BCUT2D eigenvalue weighted by Crippen LogP contribution is 2.15. The fourth-order valence-electron chi connectivity index (χ4n) is 2.57. The molecule has 0 radical (unpaired) electrons. The van der Waals surface area contributed by atoms with Crippen LogP contribution in [-0.4, -0.2) is 39.9 Å². The molecule has 0 spiro atoms. The molecule has 1 aromatic carbocycles. The van der Waals surface area contributed by atoms with Gasteiger partial charge >= 0.3 is 0 Å². The maximum absolute atomic E-state index is 12.3. The van der Waals surface area contributed by atoms with Gasteiger partial charge in [0.15, 0.2) is 0 Å². The van der Waals surface area contributed by atoms with Crippen molar-refractivity contribution in [3.63, 3.8) is 0 Å². The summed E-state index contributed by atoms with van der Waals surface area (Å²) in [5, 5.41) is 3.32. The Morgan fingerprint density at radius 3 is 2.90 bits per heavy atom. The predicted molar refractivity (Wildman–Crippen MR) is 80.8 cm³/mol. The zero-order valence-electron chi connectivity index (χ0n) is 11.8. The first-order chi connectivity index (χ1) is 10.3. The minimum Gasteiger partial charge on any atom is -0.364 e. The van der Waals surface area contributed by atoms with Crippen LogP contribution in [0.4, 0.5) is 5.82 Å². The molecule has 1 atom stereocenters. The Morgan fingerprint density at radius 1 is 1.29 bits per heavy atom. The van der Waals surface area contributed by atoms with Crippen LogP contribution < -0.4 is 5.32 Å². The zero-order valence-corrected chi connectivity index (χ0v) is 11.8. The van der Waals surface area contributed by atoms with Crippen LogP contribution in [0, 0.1) is 0 Å². The quantitative estimate of drug-likeness (QED) is 0.928. The molecule has 1 amide bonds. The second kappa shape index (κ2) is 6.35. The predicted octanol–water partition coefficient (Wildman–Crippen LogP) is 1.73. The maximum atomic E-state index is 12.3. The maximum Gasteiger partial charge on any atom is 0.227 e. The smallest absolute Gasteiger partial charge is 0.227 e. The molecule has 108 valence electrons. The lowest BCUT2D eigenvalue weighted by Crippen LogP contribution is -2.32. The molecule has 5 heteroatoms. The molecule has 1 aliphatic rings. The average molecular weight is 282 g/mol. The van der Waals surface area contributed by atoms with E-state index in [1.165, 1.54) is 0 Å². The van der Waals surface area contributed by atoms with Crippen LogP contribution in [0.3, 0.4) is 0 Å². The van der Waals surface area contributed by atoms with Crippen LogP contribution in [0.1, 0.15) is 12.0 Å². The molecule has 5 nitrogen and oxygen atoms in total. The Labute approximate surface area is 124 Å². The molecule has 0 saturated carbocycles. The Kier molecular flexibility index (Phi) is 4.09. The first kappa shape index (κ1) is 13.5. The minimum atomic E-state index is 0.185. The fraction of sp³-hybridized carbons (Fsp3) is 0.312. The summed E-state index contributed by atoms with van der Waals surface area (Å²) in [5.41, 5.74) is 1.06. The number of hydrogen-bond donors (Lipinski definition) is 1. The normalized spacial score (nSPS) is 17.7. The van der Waals surface area contributed by atoms with Crippen LogP contribution >= 0.6 is 0 Å². The van der Waals surface area contributed by atoms with E-state index >= 15 is 0 Å². The van der Waals surface area contributed by atoms with E-state index in [0.717, 1.165) is 30.9 Å². The molecule has 2 heterocycles. The first-order valence-corrected chi connectivity index (χ1v) is 7.15. The SMILES string of the molecule is O=C(Cc1ccccc1)N1CCC(Nc2cnccn2)C1. The van der Waals surface area contributed by atoms with Crippen molar-refractivity contribution in [1.29, 1.82) is 0 Å². The Balaban J connectivity index is 1.53. The van der Waals surface area contributed by atoms with Gasteiger partial charge in [-0.1, -0.05) is 30.3 Å². The lowest BCUT2D eigenvalue weighted by molar-refractivity contribution is -0.129. The van der Waals surface area contributed by atoms with E-state index in [1.807, 2.05) is 35.2 Å². The van der Waals surface area contributed by atoms with Gasteiger partial charge in [-0.25, -0.2) is 4.98 Å². The number of hydrogen-bond acceptors (Lipinski definition) is 4. The monoisotopic (exact) mass is 282 g/mol. The number of nitrogens with zero attached hydrogens (tertiary/aromatic N) is 3. The van der Waals surface area contributed by atoms with E-state index in [2.05, 4.69) is 15.3 Å². The van der Waals surface area contributed by atoms with Crippen LogP contribution in [0.25, 0.3) is 0 Å². The summed E-state index contributed by atoms with van der Waals surface area (Å²) >= 11 is 0. The summed E-state index contributed by atoms with van der Waals surface area (Å²) in [6, 6.07) is 10.1. The van der Waals surface area contributed by atoms with Crippen molar-refractivity contribution in [2.45, 2.75) is 18.9 Å². The second-order valence-electron chi connectivity index (χ2n) is 5.22. The van der Waals surface area contributed by atoms with E-state index < -0.39 is 0 Å². The van der Waals surface area contributed by atoms with Gasteiger partial charge in [0.25, 0.3) is 0 Å². The van der Waals surface area contributed by atoms with Crippen molar-refractivity contribution < 1.29 is 4.79 Å². The lowest BCUT2D eigenvalue weighted by Gasteiger charge is -2.17. The molecular formula is C16H18N4O. The van der Waals surface area contributed by atoms with Gasteiger partial charge < -0.3 is 10.2 Å². The number of likely N-dealkylation sites (tertiary alicyclic amines) is 1. The summed E-state index contributed by atoms with van der Waals surface area (Å²) in [4.78, 5) is 22.4. The van der Waals surface area contributed by atoms with Gasteiger partial charge in [-0.3, -0.25) is 9.78 Å². The second-order valence-corrected chi connectivity index (χ2v) is 5.22. The van der Waals surface area contributed by atoms with Gasteiger partial charge in [0.05, 0.1) is 12.6 Å². The summed E-state index contributed by atoms with van der Waals surface area (Å²) < 4.78 is 0. The minimum absolute atomic E-state index is 0.185. The number of benzene rings is 1. The van der Waals surface area contributed by atoms with E-state index in [1.54, 1.807) is 18.6 Å². The van der Waals surface area contributed by atoms with Gasteiger partial charge in [-0.15, -0.1) is 0 Å².